The van der Waals surface area contributed by atoms with Gasteiger partial charge in [0.05, 0.1) is 5.56 Å². The topological polar surface area (TPSA) is 52.6 Å². The number of carbonyl (C=O) groups is 2. The van der Waals surface area contributed by atoms with Crippen LogP contribution >= 0.6 is 0 Å². The molecule has 0 aliphatic carbocycles. The van der Waals surface area contributed by atoms with Crippen molar-refractivity contribution in [1.82, 2.24) is 0 Å². The van der Waals surface area contributed by atoms with Gasteiger partial charge in [-0.2, -0.15) is 4.89 Å². The second-order valence-electron chi connectivity index (χ2n) is 7.92. The van der Waals surface area contributed by atoms with Gasteiger partial charge in [0.25, 0.3) is 0 Å². The smallest absolute Gasteiger partial charge is 0.292 e. The van der Waals surface area contributed by atoms with Gasteiger partial charge in [0.1, 0.15) is 5.60 Å². The summed E-state index contributed by atoms with van der Waals surface area (Å²) in [4.78, 5) is 35.9. The molecule has 0 N–H and O–H groups in total. The van der Waals surface area contributed by atoms with Crippen LogP contribution in [-0.4, -0.2) is 11.8 Å². The number of hydrogen-bond donors (Lipinski definition) is 0. The van der Waals surface area contributed by atoms with Crippen LogP contribution in [0.25, 0.3) is 0 Å². The fourth-order valence-electron chi connectivity index (χ4n) is 3.46. The van der Waals surface area contributed by atoms with Gasteiger partial charge in [0.2, 0.25) is 0 Å². The van der Waals surface area contributed by atoms with E-state index in [4.69, 9.17) is 9.78 Å². The highest BCUT2D eigenvalue weighted by molar-refractivity contribution is 6.09. The van der Waals surface area contributed by atoms with E-state index in [1.807, 2.05) is 55.5 Å². The van der Waals surface area contributed by atoms with Gasteiger partial charge in [-0.05, 0) is 37.0 Å². The van der Waals surface area contributed by atoms with Gasteiger partial charge in [-0.15, -0.1) is 0 Å². The van der Waals surface area contributed by atoms with Crippen molar-refractivity contribution in [3.63, 3.8) is 0 Å². The molecule has 0 radical (unpaired) electrons. The Morgan fingerprint density at radius 1 is 0.767 bits per heavy atom. The first-order valence-corrected chi connectivity index (χ1v) is 10.0. The van der Waals surface area contributed by atoms with Crippen molar-refractivity contribution in [2.45, 2.75) is 32.8 Å². The maximum atomic E-state index is 12.5. The maximum absolute atomic E-state index is 12.5. The largest absolute Gasteiger partial charge is 0.373 e. The lowest BCUT2D eigenvalue weighted by Gasteiger charge is -2.29. The molecule has 0 aliphatic heterocycles. The van der Waals surface area contributed by atoms with Crippen LogP contribution in [0.3, 0.4) is 0 Å². The number of hydrogen-bond acceptors (Lipinski definition) is 4. The van der Waals surface area contributed by atoms with Crippen molar-refractivity contribution >= 4 is 11.8 Å². The van der Waals surface area contributed by atoms with E-state index in [2.05, 4.69) is 13.8 Å². The summed E-state index contributed by atoms with van der Waals surface area (Å²) in [5.41, 5.74) is 1.61. The summed E-state index contributed by atoms with van der Waals surface area (Å²) >= 11 is 0. The number of rotatable bonds is 8. The molecule has 1 unspecified atom stereocenters. The van der Waals surface area contributed by atoms with E-state index in [0.717, 1.165) is 5.56 Å². The van der Waals surface area contributed by atoms with E-state index in [9.17, 15) is 9.59 Å². The molecule has 0 spiro atoms. The van der Waals surface area contributed by atoms with Crippen molar-refractivity contribution in [2.24, 2.45) is 5.92 Å². The Labute approximate surface area is 177 Å². The van der Waals surface area contributed by atoms with Gasteiger partial charge < -0.3 is 0 Å². The lowest BCUT2D eigenvalue weighted by atomic mass is 9.87. The molecule has 0 saturated heterocycles. The zero-order valence-corrected chi connectivity index (χ0v) is 17.5. The minimum Gasteiger partial charge on any atom is -0.292 e. The standard InChI is InChI=1S/C26H26O4/c1-19(2)18-26(3,23-12-8-5-9-13-23)30-29-25(28)22-16-14-21(15-17-22)24(27)20-10-6-4-7-11-20/h4-17,19H,18H2,1-3H3. The minimum atomic E-state index is -0.756. The van der Waals surface area contributed by atoms with Crippen LogP contribution in [0.4, 0.5) is 0 Å². The summed E-state index contributed by atoms with van der Waals surface area (Å²) < 4.78 is 0. The van der Waals surface area contributed by atoms with Crippen LogP contribution in [0.5, 0.6) is 0 Å². The fraction of sp³-hybridized carbons (Fsp3) is 0.231. The summed E-state index contributed by atoms with van der Waals surface area (Å²) in [6, 6.07) is 25.1. The first-order chi connectivity index (χ1) is 14.4. The zero-order valence-electron chi connectivity index (χ0n) is 17.5. The molecule has 3 aromatic rings. The Morgan fingerprint density at radius 3 is 1.83 bits per heavy atom. The van der Waals surface area contributed by atoms with Crippen molar-refractivity contribution in [1.29, 1.82) is 0 Å². The van der Waals surface area contributed by atoms with Gasteiger partial charge in [-0.25, -0.2) is 4.79 Å². The molecule has 154 valence electrons. The monoisotopic (exact) mass is 402 g/mol. The highest BCUT2D eigenvalue weighted by Gasteiger charge is 2.32. The Balaban J connectivity index is 1.70. The third-order valence-electron chi connectivity index (χ3n) is 4.90. The Morgan fingerprint density at radius 2 is 1.27 bits per heavy atom. The molecule has 0 aromatic heterocycles. The van der Waals surface area contributed by atoms with Crippen LogP contribution in [0.1, 0.15) is 59.0 Å². The summed E-state index contributed by atoms with van der Waals surface area (Å²) in [5, 5.41) is 0. The van der Waals surface area contributed by atoms with E-state index in [1.54, 1.807) is 36.4 Å². The maximum Gasteiger partial charge on any atom is 0.373 e. The molecule has 0 saturated carbocycles. The third kappa shape index (κ3) is 5.22. The van der Waals surface area contributed by atoms with E-state index >= 15 is 0 Å². The Kier molecular flexibility index (Phi) is 6.80. The van der Waals surface area contributed by atoms with Crippen molar-refractivity contribution in [3.8, 4) is 0 Å². The molecule has 0 fully saturated rings. The second kappa shape index (κ2) is 9.51. The molecule has 0 aliphatic rings. The van der Waals surface area contributed by atoms with E-state index in [1.165, 1.54) is 0 Å². The van der Waals surface area contributed by atoms with Gasteiger partial charge in [-0.1, -0.05) is 86.6 Å². The van der Waals surface area contributed by atoms with Crippen LogP contribution in [0, 0.1) is 5.92 Å². The Bertz CT molecular complexity index is 979. The summed E-state index contributed by atoms with van der Waals surface area (Å²) in [6.45, 7) is 6.10. The quantitative estimate of drug-likeness (QED) is 0.265. The summed E-state index contributed by atoms with van der Waals surface area (Å²) in [7, 11) is 0. The van der Waals surface area contributed by atoms with Crippen LogP contribution in [-0.2, 0) is 15.4 Å². The summed E-state index contributed by atoms with van der Waals surface area (Å²) in [6.07, 6.45) is 0.689. The first kappa shape index (κ1) is 21.5. The molecular formula is C26H26O4. The van der Waals surface area contributed by atoms with Crippen LogP contribution < -0.4 is 0 Å². The van der Waals surface area contributed by atoms with Crippen molar-refractivity contribution in [2.75, 3.05) is 0 Å². The molecule has 0 amide bonds. The molecule has 30 heavy (non-hydrogen) atoms. The average molecular weight is 402 g/mol. The van der Waals surface area contributed by atoms with Gasteiger partial charge in [0, 0.05) is 11.1 Å². The normalized spacial score (nSPS) is 12.9. The van der Waals surface area contributed by atoms with Crippen molar-refractivity contribution < 1.29 is 19.4 Å². The molecule has 0 bridgehead atoms. The second-order valence-corrected chi connectivity index (χ2v) is 7.92. The average Bonchev–Trinajstić information content (AvgIpc) is 2.78. The number of ketones is 1. The SMILES string of the molecule is CC(C)CC(C)(OOC(=O)c1ccc(C(=O)c2ccccc2)cc1)c1ccccc1. The number of benzene rings is 3. The highest BCUT2D eigenvalue weighted by atomic mass is 17.2. The Hall–Kier alpha value is -3.24. The van der Waals surface area contributed by atoms with Gasteiger partial charge in [-0.3, -0.25) is 9.68 Å². The molecule has 3 aromatic carbocycles. The van der Waals surface area contributed by atoms with Crippen LogP contribution in [0.2, 0.25) is 0 Å². The fourth-order valence-corrected chi connectivity index (χ4v) is 3.46. The molecule has 1 atom stereocenters. The van der Waals surface area contributed by atoms with E-state index in [0.29, 0.717) is 29.0 Å². The summed E-state index contributed by atoms with van der Waals surface area (Å²) in [5.74, 6) is -0.350. The molecular weight excluding hydrogens is 376 g/mol. The van der Waals surface area contributed by atoms with Gasteiger partial charge >= 0.3 is 5.97 Å². The predicted molar refractivity (Wildman–Crippen MR) is 116 cm³/mol. The van der Waals surface area contributed by atoms with E-state index < -0.39 is 11.6 Å². The van der Waals surface area contributed by atoms with Crippen molar-refractivity contribution in [3.05, 3.63) is 107 Å². The highest BCUT2D eigenvalue weighted by Crippen LogP contribution is 2.32. The third-order valence-corrected chi connectivity index (χ3v) is 4.90. The van der Waals surface area contributed by atoms with E-state index in [-0.39, 0.29) is 5.78 Å². The van der Waals surface area contributed by atoms with Gasteiger partial charge in [0.15, 0.2) is 5.78 Å². The lowest BCUT2D eigenvalue weighted by Crippen LogP contribution is -2.29. The lowest BCUT2D eigenvalue weighted by molar-refractivity contribution is -0.321. The van der Waals surface area contributed by atoms with Crippen LogP contribution in [0.15, 0.2) is 84.9 Å². The predicted octanol–water partition coefficient (Wildman–Crippen LogP) is 5.97. The first-order valence-electron chi connectivity index (χ1n) is 10.0. The molecule has 4 heteroatoms. The molecule has 0 heterocycles. The number of carbonyl (C=O) groups excluding carboxylic acids is 2. The molecule has 4 nitrogen and oxygen atoms in total. The minimum absolute atomic E-state index is 0.0969. The molecule has 3 rings (SSSR count). The zero-order chi connectivity index (χ0) is 21.6.